The van der Waals surface area contributed by atoms with E-state index in [1.807, 2.05) is 25.1 Å². The number of likely N-dealkylation sites (tertiary alicyclic amines) is 1. The highest BCUT2D eigenvalue weighted by molar-refractivity contribution is 6.23. The molecule has 4 saturated heterocycles. The molecule has 4 fully saturated rings. The molecule has 0 spiro atoms. The summed E-state index contributed by atoms with van der Waals surface area (Å²) < 4.78 is 28.3. The zero-order valence-electron chi connectivity index (χ0n) is 27.6. The molecule has 5 aliphatic heterocycles. The second kappa shape index (κ2) is 12.4. The molecule has 1 aromatic carbocycles. The second-order valence-electron chi connectivity index (χ2n) is 13.9. The molecule has 4 amide bonds. The molecule has 3 aromatic rings. The molecule has 2 N–H and O–H groups in total. The minimum atomic E-state index is -2.74. The number of hydrogen-bond acceptors (Lipinski definition) is 11. The number of carbonyl (C=O) groups is 4. The molecular weight excluding hydrogens is 648 g/mol. The van der Waals surface area contributed by atoms with Gasteiger partial charge >= 0.3 is 0 Å². The van der Waals surface area contributed by atoms with Crippen LogP contribution < -0.4 is 20.4 Å². The Bertz CT molecular complexity index is 1880. The van der Waals surface area contributed by atoms with Crippen molar-refractivity contribution < 1.29 is 28.0 Å². The lowest BCUT2D eigenvalue weighted by molar-refractivity contribution is -0.136. The summed E-state index contributed by atoms with van der Waals surface area (Å²) >= 11 is 0. The number of nitrogens with one attached hydrogen (secondary N) is 2. The number of piperidine rings is 2. The molecule has 0 bridgehead atoms. The first-order valence-electron chi connectivity index (χ1n) is 17.1. The lowest BCUT2D eigenvalue weighted by Crippen LogP contribution is -2.60. The fourth-order valence-corrected chi connectivity index (χ4v) is 7.67. The van der Waals surface area contributed by atoms with Crippen LogP contribution in [0.3, 0.4) is 0 Å². The third-order valence-electron chi connectivity index (χ3n) is 10.5. The van der Waals surface area contributed by atoms with Gasteiger partial charge in [0.1, 0.15) is 23.5 Å². The molecular formula is C35H37F2N9O4. The van der Waals surface area contributed by atoms with Crippen LogP contribution in [0.4, 0.5) is 31.9 Å². The number of imide groups is 2. The fourth-order valence-electron chi connectivity index (χ4n) is 7.67. The van der Waals surface area contributed by atoms with E-state index in [1.54, 1.807) is 29.4 Å². The highest BCUT2D eigenvalue weighted by atomic mass is 19.3. The van der Waals surface area contributed by atoms with E-state index in [-0.39, 0.29) is 49.4 Å². The Kier molecular flexibility index (Phi) is 7.96. The van der Waals surface area contributed by atoms with Gasteiger partial charge < -0.3 is 15.1 Å². The van der Waals surface area contributed by atoms with Crippen molar-refractivity contribution in [2.45, 2.75) is 63.0 Å². The van der Waals surface area contributed by atoms with Crippen LogP contribution in [0.1, 0.15) is 70.0 Å². The Morgan fingerprint density at radius 1 is 0.880 bits per heavy atom. The molecule has 13 nitrogen and oxygen atoms in total. The summed E-state index contributed by atoms with van der Waals surface area (Å²) in [6.45, 7) is 5.06. The van der Waals surface area contributed by atoms with Gasteiger partial charge in [-0.2, -0.15) is 0 Å². The molecule has 0 aliphatic carbocycles. The SMILES string of the molecule is Cc1cnc(Nc2cc(C3CCN(C4CN(c5ccc6c(c5)C(=O)N(C5CCC(=O)NC5=O)C6=O)C4)CC3)cc(N3CCC(F)(F)C3)n2)cn1. The Hall–Kier alpha value is -5.05. The molecule has 1 unspecified atom stereocenters. The standard InChI is InChI=1S/C35H37F2N9O4/c1-20-15-39-29(16-38-20)40-28-12-22(13-30(41-28)44-11-8-35(36,37)19-44)21-6-9-43(10-7-21)24-17-45(18-24)23-2-3-25-26(14-23)34(50)46(33(25)49)27-4-5-31(47)42-32(27)48/h2-3,12-16,21,24,27H,4-11,17-19H2,1H3,(H,39,40,41)(H,42,47,48). The normalized spacial score (nSPS) is 22.9. The summed E-state index contributed by atoms with van der Waals surface area (Å²) in [5, 5.41) is 5.44. The minimum Gasteiger partial charge on any atom is -0.368 e. The van der Waals surface area contributed by atoms with Crippen molar-refractivity contribution in [3.8, 4) is 0 Å². The predicted molar refractivity (Wildman–Crippen MR) is 179 cm³/mol. The summed E-state index contributed by atoms with van der Waals surface area (Å²) in [5.41, 5.74) is 3.24. The van der Waals surface area contributed by atoms with Gasteiger partial charge in [-0.15, -0.1) is 0 Å². The van der Waals surface area contributed by atoms with Gasteiger partial charge in [-0.1, -0.05) is 0 Å². The van der Waals surface area contributed by atoms with Gasteiger partial charge in [0, 0.05) is 44.2 Å². The average Bonchev–Trinajstić information content (AvgIpc) is 3.56. The van der Waals surface area contributed by atoms with E-state index >= 15 is 0 Å². The van der Waals surface area contributed by atoms with Crippen LogP contribution in [0.15, 0.2) is 42.7 Å². The Balaban J connectivity index is 0.907. The Morgan fingerprint density at radius 3 is 2.36 bits per heavy atom. The smallest absolute Gasteiger partial charge is 0.266 e. The first-order valence-corrected chi connectivity index (χ1v) is 17.1. The van der Waals surface area contributed by atoms with E-state index in [0.717, 1.165) is 60.9 Å². The molecule has 0 radical (unpaired) electrons. The lowest BCUT2D eigenvalue weighted by Gasteiger charge is -2.48. The molecule has 260 valence electrons. The number of fused-ring (bicyclic) bond motifs is 1. The van der Waals surface area contributed by atoms with Gasteiger partial charge in [-0.05, 0) is 81.1 Å². The van der Waals surface area contributed by atoms with Gasteiger partial charge in [0.15, 0.2) is 0 Å². The number of anilines is 4. The summed E-state index contributed by atoms with van der Waals surface area (Å²) in [6, 6.07) is 8.51. The Labute approximate surface area is 287 Å². The number of benzene rings is 1. The number of aryl methyl sites for hydroxylation is 1. The third-order valence-corrected chi connectivity index (χ3v) is 10.5. The summed E-state index contributed by atoms with van der Waals surface area (Å²) in [5.74, 6) is -2.93. The van der Waals surface area contributed by atoms with Gasteiger partial charge in [-0.3, -0.25) is 39.3 Å². The summed E-state index contributed by atoms with van der Waals surface area (Å²) in [6.07, 6.45) is 5.11. The van der Waals surface area contributed by atoms with E-state index in [1.165, 1.54) is 0 Å². The topological polar surface area (TPSA) is 144 Å². The fraction of sp³-hybridized carbons (Fsp3) is 0.457. The highest BCUT2D eigenvalue weighted by Crippen LogP contribution is 2.38. The first-order chi connectivity index (χ1) is 24.0. The molecule has 2 aromatic heterocycles. The second-order valence-corrected chi connectivity index (χ2v) is 13.9. The van der Waals surface area contributed by atoms with Crippen LogP contribution in [0, 0.1) is 6.92 Å². The first kappa shape index (κ1) is 32.2. The number of alkyl halides is 2. The zero-order chi connectivity index (χ0) is 34.7. The number of amides is 4. The summed E-state index contributed by atoms with van der Waals surface area (Å²) in [4.78, 5) is 71.0. The van der Waals surface area contributed by atoms with Crippen LogP contribution in [-0.2, 0) is 9.59 Å². The van der Waals surface area contributed by atoms with Crippen LogP contribution in [0.5, 0.6) is 0 Å². The number of halogens is 2. The van der Waals surface area contributed by atoms with Crippen molar-refractivity contribution in [2.24, 2.45) is 0 Å². The van der Waals surface area contributed by atoms with Crippen molar-refractivity contribution in [2.75, 3.05) is 54.4 Å². The van der Waals surface area contributed by atoms with E-state index in [4.69, 9.17) is 0 Å². The van der Waals surface area contributed by atoms with E-state index in [2.05, 4.69) is 35.4 Å². The largest absolute Gasteiger partial charge is 0.368 e. The van der Waals surface area contributed by atoms with Crippen LogP contribution in [-0.4, -0.2) is 106 Å². The van der Waals surface area contributed by atoms with Gasteiger partial charge in [0.05, 0.1) is 35.8 Å². The van der Waals surface area contributed by atoms with Gasteiger partial charge in [0.2, 0.25) is 11.8 Å². The maximum Gasteiger partial charge on any atom is 0.266 e. The van der Waals surface area contributed by atoms with Crippen molar-refractivity contribution in [3.63, 3.8) is 0 Å². The molecule has 8 rings (SSSR count). The lowest BCUT2D eigenvalue weighted by atomic mass is 9.88. The van der Waals surface area contributed by atoms with Crippen molar-refractivity contribution in [1.29, 1.82) is 0 Å². The predicted octanol–water partition coefficient (Wildman–Crippen LogP) is 3.24. The van der Waals surface area contributed by atoms with Crippen molar-refractivity contribution >= 4 is 46.8 Å². The number of nitrogens with zero attached hydrogens (tertiary/aromatic N) is 7. The van der Waals surface area contributed by atoms with Crippen LogP contribution in [0.25, 0.3) is 0 Å². The molecule has 50 heavy (non-hydrogen) atoms. The third kappa shape index (κ3) is 6.03. The number of aromatic nitrogens is 3. The number of rotatable bonds is 7. The molecule has 1 atom stereocenters. The monoisotopic (exact) mass is 685 g/mol. The highest BCUT2D eigenvalue weighted by Gasteiger charge is 2.45. The molecule has 0 saturated carbocycles. The zero-order valence-corrected chi connectivity index (χ0v) is 27.6. The number of carbonyl (C=O) groups excluding carboxylic acids is 4. The maximum atomic E-state index is 14.1. The quantitative estimate of drug-likeness (QED) is 0.354. The molecule has 5 aliphatic rings. The van der Waals surface area contributed by atoms with Crippen LogP contribution in [0.2, 0.25) is 0 Å². The average molecular weight is 686 g/mol. The maximum absolute atomic E-state index is 14.1. The van der Waals surface area contributed by atoms with Gasteiger partial charge in [-0.25, -0.2) is 18.7 Å². The van der Waals surface area contributed by atoms with E-state index < -0.39 is 35.6 Å². The van der Waals surface area contributed by atoms with Crippen molar-refractivity contribution in [1.82, 2.24) is 30.1 Å². The molecule has 7 heterocycles. The van der Waals surface area contributed by atoms with E-state index in [0.29, 0.717) is 23.5 Å². The van der Waals surface area contributed by atoms with Crippen LogP contribution >= 0.6 is 0 Å². The number of hydrogen-bond donors (Lipinski definition) is 2. The van der Waals surface area contributed by atoms with E-state index in [9.17, 15) is 28.0 Å². The van der Waals surface area contributed by atoms with Gasteiger partial charge in [0.25, 0.3) is 17.7 Å². The molecule has 15 heteroatoms. The summed E-state index contributed by atoms with van der Waals surface area (Å²) in [7, 11) is 0. The minimum absolute atomic E-state index is 0.0765. The van der Waals surface area contributed by atoms with Crippen molar-refractivity contribution in [3.05, 3.63) is 65.1 Å². The Morgan fingerprint density at radius 2 is 1.66 bits per heavy atom. The number of pyridine rings is 1.